The fourth-order valence-electron chi connectivity index (χ4n) is 3.50. The molecule has 22 heavy (non-hydrogen) atoms. The van der Waals surface area contributed by atoms with Gasteiger partial charge in [0.15, 0.2) is 0 Å². The highest BCUT2D eigenvalue weighted by Gasteiger charge is 2.40. The Bertz CT molecular complexity index is 523. The summed E-state index contributed by atoms with van der Waals surface area (Å²) in [5, 5.41) is 3.41. The maximum Gasteiger partial charge on any atom is 0.416 e. The molecule has 1 aliphatic carbocycles. The van der Waals surface area contributed by atoms with Gasteiger partial charge in [-0.15, -0.1) is 0 Å². The van der Waals surface area contributed by atoms with Gasteiger partial charge in [-0.2, -0.15) is 13.2 Å². The molecule has 0 spiro atoms. The number of benzene rings is 1. The first-order valence-corrected chi connectivity index (χ1v) is 8.16. The number of nitrogens with one attached hydrogen (secondary N) is 1. The summed E-state index contributed by atoms with van der Waals surface area (Å²) in [6.45, 7) is 3.25. The van der Waals surface area contributed by atoms with Crippen LogP contribution < -0.4 is 5.32 Å². The van der Waals surface area contributed by atoms with E-state index >= 15 is 0 Å². The molecule has 2 nitrogen and oxygen atoms in total. The minimum absolute atomic E-state index is 0.142. The minimum Gasteiger partial charge on any atom is -0.314 e. The molecule has 1 saturated heterocycles. The summed E-state index contributed by atoms with van der Waals surface area (Å²) in [6.07, 6.45) is -1.23. The molecule has 0 amide bonds. The molecule has 1 aliphatic heterocycles. The van der Waals surface area contributed by atoms with Gasteiger partial charge >= 0.3 is 6.18 Å². The number of hydrogen-bond donors (Lipinski definition) is 1. The lowest BCUT2D eigenvalue weighted by Gasteiger charge is -2.44. The van der Waals surface area contributed by atoms with Crippen molar-refractivity contribution in [1.29, 1.82) is 0 Å². The fraction of sp³-hybridized carbons (Fsp3) is 0.625. The molecule has 2 aliphatic rings. The molecule has 0 radical (unpaired) electrons. The fourth-order valence-corrected chi connectivity index (χ4v) is 3.67. The van der Waals surface area contributed by atoms with E-state index < -0.39 is 11.7 Å². The summed E-state index contributed by atoms with van der Waals surface area (Å²) in [5.74, 6) is 0.320. The van der Waals surface area contributed by atoms with E-state index in [4.69, 9.17) is 11.6 Å². The zero-order valence-electron chi connectivity index (χ0n) is 12.3. The van der Waals surface area contributed by atoms with Crippen molar-refractivity contribution >= 4 is 11.6 Å². The Morgan fingerprint density at radius 3 is 2.41 bits per heavy atom. The van der Waals surface area contributed by atoms with Gasteiger partial charge in [0, 0.05) is 37.2 Å². The lowest BCUT2D eigenvalue weighted by atomic mass is 9.75. The van der Waals surface area contributed by atoms with E-state index in [-0.39, 0.29) is 11.1 Å². The second kappa shape index (κ2) is 6.38. The molecule has 6 heteroatoms. The highest BCUT2D eigenvalue weighted by molar-refractivity contribution is 6.30. The standard InChI is InChI=1S/C16H20ClF3N2/c17-12-4-5-13(14(10-12)16(18,19)20)15(11-2-1-3-11)22-8-6-21-7-9-22/h4-5,10-11,15,21H,1-3,6-9H2/t15-/m0/s1. The van der Waals surface area contributed by atoms with Crippen molar-refractivity contribution in [2.75, 3.05) is 26.2 Å². The average Bonchev–Trinajstić information content (AvgIpc) is 2.43. The van der Waals surface area contributed by atoms with Gasteiger partial charge in [0.25, 0.3) is 0 Å². The van der Waals surface area contributed by atoms with Gasteiger partial charge in [-0.3, -0.25) is 4.90 Å². The van der Waals surface area contributed by atoms with Gasteiger partial charge in [-0.25, -0.2) is 0 Å². The van der Waals surface area contributed by atoms with Crippen molar-refractivity contribution in [2.24, 2.45) is 5.92 Å². The Labute approximate surface area is 133 Å². The second-order valence-corrected chi connectivity index (χ2v) is 6.59. The van der Waals surface area contributed by atoms with Crippen molar-refractivity contribution < 1.29 is 13.2 Å². The summed E-state index contributed by atoms with van der Waals surface area (Å²) in [7, 11) is 0. The van der Waals surface area contributed by atoms with Crippen LogP contribution in [0.5, 0.6) is 0 Å². The lowest BCUT2D eigenvalue weighted by Crippen LogP contribution is -2.48. The van der Waals surface area contributed by atoms with Crippen molar-refractivity contribution in [2.45, 2.75) is 31.5 Å². The first kappa shape index (κ1) is 16.1. The number of hydrogen-bond acceptors (Lipinski definition) is 2. The van der Waals surface area contributed by atoms with Crippen LogP contribution >= 0.6 is 11.6 Å². The van der Waals surface area contributed by atoms with Crippen LogP contribution in [0.15, 0.2) is 18.2 Å². The topological polar surface area (TPSA) is 15.3 Å². The van der Waals surface area contributed by atoms with E-state index in [9.17, 15) is 13.2 Å². The van der Waals surface area contributed by atoms with Gasteiger partial charge in [0.2, 0.25) is 0 Å². The van der Waals surface area contributed by atoms with Crippen molar-refractivity contribution in [3.05, 3.63) is 34.3 Å². The largest absolute Gasteiger partial charge is 0.416 e. The Hall–Kier alpha value is -0.780. The van der Waals surface area contributed by atoms with Gasteiger partial charge in [-0.05, 0) is 36.5 Å². The first-order chi connectivity index (χ1) is 10.5. The molecule has 0 bridgehead atoms. The quantitative estimate of drug-likeness (QED) is 0.896. The Morgan fingerprint density at radius 1 is 1.18 bits per heavy atom. The van der Waals surface area contributed by atoms with Crippen LogP contribution in [0.25, 0.3) is 0 Å². The summed E-state index contributed by atoms with van der Waals surface area (Å²) in [4.78, 5) is 2.21. The van der Waals surface area contributed by atoms with E-state index in [2.05, 4.69) is 10.2 Å². The van der Waals surface area contributed by atoms with Gasteiger partial charge in [0.1, 0.15) is 0 Å². The van der Waals surface area contributed by atoms with Crippen molar-refractivity contribution in [3.63, 3.8) is 0 Å². The molecule has 1 N–H and O–H groups in total. The summed E-state index contributed by atoms with van der Waals surface area (Å²) < 4.78 is 40.4. The predicted octanol–water partition coefficient (Wildman–Crippen LogP) is 4.11. The van der Waals surface area contributed by atoms with Crippen LogP contribution in [-0.2, 0) is 6.18 Å². The maximum atomic E-state index is 13.5. The molecule has 1 aromatic carbocycles. The van der Waals surface area contributed by atoms with Crippen molar-refractivity contribution in [3.8, 4) is 0 Å². The SMILES string of the molecule is FC(F)(F)c1cc(Cl)ccc1[C@H](C1CCC1)N1CCNCC1. The first-order valence-electron chi connectivity index (χ1n) is 7.78. The third-order valence-electron chi connectivity index (χ3n) is 4.78. The molecule has 0 aromatic heterocycles. The zero-order valence-corrected chi connectivity index (χ0v) is 13.1. The number of alkyl halides is 3. The molecule has 1 heterocycles. The monoisotopic (exact) mass is 332 g/mol. The third-order valence-corrected chi connectivity index (χ3v) is 5.02. The smallest absolute Gasteiger partial charge is 0.314 e. The zero-order chi connectivity index (χ0) is 15.7. The molecular formula is C16H20ClF3N2. The Balaban J connectivity index is 2.00. The van der Waals surface area contributed by atoms with E-state index in [0.717, 1.165) is 51.5 Å². The highest BCUT2D eigenvalue weighted by Crippen LogP contribution is 2.46. The summed E-state index contributed by atoms with van der Waals surface area (Å²) in [6, 6.07) is 4.09. The van der Waals surface area contributed by atoms with Gasteiger partial charge in [0.05, 0.1) is 5.56 Å². The Morgan fingerprint density at radius 2 is 1.86 bits per heavy atom. The number of halogens is 4. The van der Waals surface area contributed by atoms with Crippen molar-refractivity contribution in [1.82, 2.24) is 10.2 Å². The molecule has 2 fully saturated rings. The van der Waals surface area contributed by atoms with E-state index in [1.807, 2.05) is 0 Å². The van der Waals surface area contributed by atoms with E-state index in [1.165, 1.54) is 0 Å². The maximum absolute atomic E-state index is 13.5. The van der Waals surface area contributed by atoms with Gasteiger partial charge in [-0.1, -0.05) is 24.1 Å². The third kappa shape index (κ3) is 3.26. The normalized spacial score (nSPS) is 22.4. The van der Waals surface area contributed by atoms with Gasteiger partial charge < -0.3 is 5.32 Å². The van der Waals surface area contributed by atoms with Crippen LogP contribution in [0.3, 0.4) is 0 Å². The van der Waals surface area contributed by atoms with E-state index in [0.29, 0.717) is 11.5 Å². The molecule has 1 atom stereocenters. The number of rotatable bonds is 3. The summed E-state index contributed by atoms with van der Waals surface area (Å²) >= 11 is 5.82. The summed E-state index contributed by atoms with van der Waals surface area (Å²) in [5.41, 5.74) is -0.182. The van der Waals surface area contributed by atoms with Crippen LogP contribution in [-0.4, -0.2) is 31.1 Å². The second-order valence-electron chi connectivity index (χ2n) is 6.15. The minimum atomic E-state index is -4.36. The molecule has 1 aromatic rings. The molecular weight excluding hydrogens is 313 g/mol. The predicted molar refractivity (Wildman–Crippen MR) is 81.0 cm³/mol. The molecule has 122 valence electrons. The van der Waals surface area contributed by atoms with E-state index in [1.54, 1.807) is 12.1 Å². The van der Waals surface area contributed by atoms with Crippen LogP contribution in [0.1, 0.15) is 36.4 Å². The van der Waals surface area contributed by atoms with Crippen LogP contribution in [0.2, 0.25) is 5.02 Å². The molecule has 0 unspecified atom stereocenters. The Kier molecular flexibility index (Phi) is 4.67. The number of nitrogens with zero attached hydrogens (tertiary/aromatic N) is 1. The average molecular weight is 333 g/mol. The van der Waals surface area contributed by atoms with Crippen LogP contribution in [0.4, 0.5) is 13.2 Å². The highest BCUT2D eigenvalue weighted by atomic mass is 35.5. The molecule has 1 saturated carbocycles. The number of piperazine rings is 1. The van der Waals surface area contributed by atoms with Crippen LogP contribution in [0, 0.1) is 5.92 Å². The molecule has 3 rings (SSSR count). The lowest BCUT2D eigenvalue weighted by molar-refractivity contribution is -0.139.